The lowest BCUT2D eigenvalue weighted by Gasteiger charge is -2.43. The van der Waals surface area contributed by atoms with Gasteiger partial charge in [-0.2, -0.15) is 0 Å². The van der Waals surface area contributed by atoms with E-state index in [0.717, 1.165) is 16.3 Å². The Morgan fingerprint density at radius 1 is 0.909 bits per heavy atom. The number of fused-ring (bicyclic) bond motifs is 9. The molecule has 3 fully saturated rings. The molecular formula is C26H22N2O3S2. The number of rotatable bonds is 2. The molecule has 0 radical (unpaired) electrons. The molecule has 2 aliphatic carbocycles. The molecule has 2 aliphatic heterocycles. The summed E-state index contributed by atoms with van der Waals surface area (Å²) in [6.07, 6.45) is 0.916. The number of aromatic nitrogens is 1. The minimum absolute atomic E-state index is 0.0268. The number of imide groups is 1. The van der Waals surface area contributed by atoms with Crippen molar-refractivity contribution in [3.63, 3.8) is 0 Å². The van der Waals surface area contributed by atoms with Gasteiger partial charge >= 0.3 is 4.87 Å². The van der Waals surface area contributed by atoms with Gasteiger partial charge in [-0.3, -0.25) is 19.3 Å². The lowest BCUT2D eigenvalue weighted by atomic mass is 9.67. The molecule has 1 saturated heterocycles. The maximum absolute atomic E-state index is 13.7. The van der Waals surface area contributed by atoms with Crippen LogP contribution in [0.5, 0.6) is 0 Å². The maximum atomic E-state index is 13.7. The van der Waals surface area contributed by atoms with Gasteiger partial charge in [-0.05, 0) is 54.4 Å². The number of nitrogens with one attached hydrogen (secondary N) is 1. The van der Waals surface area contributed by atoms with Crippen molar-refractivity contribution in [2.24, 2.45) is 29.6 Å². The number of para-hydroxylation sites is 1. The van der Waals surface area contributed by atoms with Gasteiger partial charge in [-0.25, -0.2) is 0 Å². The van der Waals surface area contributed by atoms with Gasteiger partial charge in [0, 0.05) is 16.0 Å². The highest BCUT2D eigenvalue weighted by atomic mass is 32.2. The van der Waals surface area contributed by atoms with Crippen LogP contribution >= 0.6 is 23.1 Å². The fourth-order valence-corrected chi connectivity index (χ4v) is 10.0. The van der Waals surface area contributed by atoms with Crippen LogP contribution in [-0.4, -0.2) is 22.0 Å². The molecule has 2 saturated carbocycles. The van der Waals surface area contributed by atoms with Crippen molar-refractivity contribution < 1.29 is 9.59 Å². The third-order valence-electron chi connectivity index (χ3n) is 8.26. The summed E-state index contributed by atoms with van der Waals surface area (Å²) in [4.78, 5) is 45.2. The van der Waals surface area contributed by atoms with Crippen LogP contribution in [-0.2, 0) is 9.59 Å². The molecule has 4 aliphatic rings. The second-order valence-corrected chi connectivity index (χ2v) is 11.9. The first-order valence-electron chi connectivity index (χ1n) is 11.4. The summed E-state index contributed by atoms with van der Waals surface area (Å²) in [5, 5.41) is 1.19. The van der Waals surface area contributed by atoms with E-state index >= 15 is 0 Å². The zero-order valence-corrected chi connectivity index (χ0v) is 19.6. The first kappa shape index (κ1) is 19.8. The van der Waals surface area contributed by atoms with Crippen molar-refractivity contribution in [3.05, 3.63) is 80.3 Å². The summed E-state index contributed by atoms with van der Waals surface area (Å²) in [5.74, 6) is 0.0494. The highest BCUT2D eigenvalue weighted by molar-refractivity contribution is 8.00. The molecule has 2 aromatic carbocycles. The number of aromatic amines is 1. The van der Waals surface area contributed by atoms with Crippen molar-refractivity contribution in [2.45, 2.75) is 29.5 Å². The number of nitrogens with zero attached hydrogens (tertiary/aromatic N) is 1. The molecule has 0 unspecified atom stereocenters. The lowest BCUT2D eigenvalue weighted by molar-refractivity contribution is -0.123. The van der Waals surface area contributed by atoms with E-state index in [0.29, 0.717) is 5.69 Å². The predicted octanol–water partition coefficient (Wildman–Crippen LogP) is 4.42. The molecule has 5 nitrogen and oxygen atoms in total. The number of thioether (sulfide) groups is 1. The van der Waals surface area contributed by atoms with Crippen LogP contribution in [0.3, 0.4) is 0 Å². The maximum Gasteiger partial charge on any atom is 0.305 e. The molecule has 7 rings (SSSR count). The smallest absolute Gasteiger partial charge is 0.305 e. The fourth-order valence-electron chi connectivity index (χ4n) is 7.13. The third kappa shape index (κ3) is 2.58. The number of hydrogen-bond acceptors (Lipinski definition) is 5. The van der Waals surface area contributed by atoms with E-state index in [2.05, 4.69) is 30.1 Å². The Labute approximate surface area is 199 Å². The summed E-state index contributed by atoms with van der Waals surface area (Å²) >= 11 is 3.05. The van der Waals surface area contributed by atoms with E-state index in [4.69, 9.17) is 0 Å². The van der Waals surface area contributed by atoms with E-state index < -0.39 is 0 Å². The van der Waals surface area contributed by atoms with Crippen LogP contribution in [0.4, 0.5) is 5.69 Å². The zero-order valence-electron chi connectivity index (χ0n) is 17.9. The number of hydrogen-bond donors (Lipinski definition) is 1. The summed E-state index contributed by atoms with van der Waals surface area (Å²) in [5.41, 5.74) is 3.12. The summed E-state index contributed by atoms with van der Waals surface area (Å²) in [6.45, 7) is 2.12. The normalized spacial score (nSPS) is 33.8. The second-order valence-electron chi connectivity index (χ2n) is 9.66. The third-order valence-corrected chi connectivity index (χ3v) is 10.9. The fraction of sp³-hybridized carbons (Fsp3) is 0.346. The first-order chi connectivity index (χ1) is 16.0. The topological polar surface area (TPSA) is 70.2 Å². The number of carbonyl (C=O) groups is 2. The Hall–Kier alpha value is -2.64. The lowest BCUT2D eigenvalue weighted by Crippen LogP contribution is -2.42. The quantitative estimate of drug-likeness (QED) is 0.558. The van der Waals surface area contributed by atoms with Gasteiger partial charge in [0.15, 0.2) is 0 Å². The molecule has 3 aromatic rings. The molecule has 2 amide bonds. The van der Waals surface area contributed by atoms with Gasteiger partial charge in [0.1, 0.15) is 0 Å². The van der Waals surface area contributed by atoms with Crippen molar-refractivity contribution in [2.75, 3.05) is 4.90 Å². The largest absolute Gasteiger partial charge is 0.307 e. The Balaban J connectivity index is 1.36. The second kappa shape index (κ2) is 6.93. The minimum atomic E-state index is -0.256. The molecule has 0 spiro atoms. The number of carbonyl (C=O) groups excluding carboxylic acids is 2. The van der Waals surface area contributed by atoms with Crippen molar-refractivity contribution in [3.8, 4) is 0 Å². The highest BCUT2D eigenvalue weighted by Crippen LogP contribution is 2.68. The zero-order chi connectivity index (χ0) is 22.4. The highest BCUT2D eigenvalue weighted by Gasteiger charge is 2.69. The van der Waals surface area contributed by atoms with E-state index in [1.165, 1.54) is 27.4 Å². The Morgan fingerprint density at radius 3 is 2.36 bits per heavy atom. The van der Waals surface area contributed by atoms with Crippen LogP contribution in [0.2, 0.25) is 0 Å². The Bertz CT molecular complexity index is 1360. The minimum Gasteiger partial charge on any atom is -0.307 e. The van der Waals surface area contributed by atoms with Crippen molar-refractivity contribution >= 4 is 40.6 Å². The van der Waals surface area contributed by atoms with Crippen LogP contribution in [0.25, 0.3) is 0 Å². The van der Waals surface area contributed by atoms with E-state index in [1.54, 1.807) is 11.8 Å². The molecule has 7 atom stereocenters. The number of thiazole rings is 1. The van der Waals surface area contributed by atoms with Crippen LogP contribution in [0.15, 0.2) is 64.4 Å². The molecule has 7 heteroatoms. The number of amides is 2. The Kier molecular flexibility index (Phi) is 4.16. The molecular weight excluding hydrogens is 452 g/mol. The van der Waals surface area contributed by atoms with Crippen LogP contribution < -0.4 is 9.77 Å². The van der Waals surface area contributed by atoms with E-state index in [-0.39, 0.29) is 57.4 Å². The van der Waals surface area contributed by atoms with Gasteiger partial charge in [0.05, 0.1) is 22.5 Å². The molecule has 2 bridgehead atoms. The number of H-pyrrole nitrogens is 1. The standard InChI is InChI=1S/C26H22N2O3S2/c1-12-7-5-6-10-14(12)17-18-15-11-16(21(18)32-23-22(17)33-26(31)27-23)20-19(15)24(29)28(25(20)30)13-8-3-2-4-9-13/h2-10,15-21H,11H2,1H3,(H,27,31)/t15-,16-,17-,18+,19-,20-,21-/m1/s1. The summed E-state index contributed by atoms with van der Waals surface area (Å²) < 4.78 is 0. The van der Waals surface area contributed by atoms with Gasteiger partial charge in [-0.1, -0.05) is 53.8 Å². The van der Waals surface area contributed by atoms with E-state index in [1.807, 2.05) is 36.4 Å². The number of anilines is 1. The first-order valence-corrected chi connectivity index (χ1v) is 13.1. The van der Waals surface area contributed by atoms with Crippen molar-refractivity contribution in [1.82, 2.24) is 4.98 Å². The number of benzene rings is 2. The molecule has 1 aromatic heterocycles. The predicted molar refractivity (Wildman–Crippen MR) is 129 cm³/mol. The van der Waals surface area contributed by atoms with Gasteiger partial charge in [0.25, 0.3) is 0 Å². The monoisotopic (exact) mass is 474 g/mol. The van der Waals surface area contributed by atoms with Crippen molar-refractivity contribution in [1.29, 1.82) is 0 Å². The van der Waals surface area contributed by atoms with Gasteiger partial charge in [0.2, 0.25) is 11.8 Å². The average Bonchev–Trinajstić information content (AvgIpc) is 3.54. The molecule has 1 N–H and O–H groups in total. The van der Waals surface area contributed by atoms with E-state index in [9.17, 15) is 14.4 Å². The number of aryl methyl sites for hydroxylation is 1. The molecule has 166 valence electrons. The molecule has 33 heavy (non-hydrogen) atoms. The summed E-state index contributed by atoms with van der Waals surface area (Å²) in [6, 6.07) is 17.7. The summed E-state index contributed by atoms with van der Waals surface area (Å²) in [7, 11) is 0. The van der Waals surface area contributed by atoms with Gasteiger partial charge in [-0.15, -0.1) is 11.8 Å². The SMILES string of the molecule is Cc1ccccc1[C@H]1c2sc(=O)[nH]c2S[C@@H]2[C@@H]3C[C@@H]([C@H]4C(=O)N(c5ccccc5)C(=O)[C@H]34)[C@@H]12. The van der Waals surface area contributed by atoms with Crippen LogP contribution in [0.1, 0.15) is 28.3 Å². The Morgan fingerprint density at radius 2 is 1.61 bits per heavy atom. The molecule has 3 heterocycles. The van der Waals surface area contributed by atoms with Gasteiger partial charge < -0.3 is 4.98 Å². The average molecular weight is 475 g/mol. The van der Waals surface area contributed by atoms with Crippen LogP contribution in [0, 0.1) is 36.5 Å².